The highest BCUT2D eigenvalue weighted by Gasteiger charge is 2.19. The van der Waals surface area contributed by atoms with Crippen LogP contribution in [-0.4, -0.2) is 48.5 Å². The number of methoxy groups -OCH3 is 1. The number of rotatable bonds is 9. The number of esters is 1. The molecule has 3 aromatic carbocycles. The summed E-state index contributed by atoms with van der Waals surface area (Å²) in [5.41, 5.74) is 4.06. The number of halogens is 2. The van der Waals surface area contributed by atoms with Crippen molar-refractivity contribution in [3.8, 4) is 5.75 Å². The molecule has 0 unspecified atom stereocenters. The molecule has 41 heavy (non-hydrogen) atoms. The number of fused-ring (bicyclic) bond motifs is 1. The predicted octanol–water partition coefficient (Wildman–Crippen LogP) is 5.40. The van der Waals surface area contributed by atoms with Gasteiger partial charge in [-0.25, -0.2) is 9.78 Å². The first-order chi connectivity index (χ1) is 19.7. The zero-order valence-corrected chi connectivity index (χ0v) is 24.0. The molecule has 1 heterocycles. The number of para-hydroxylation sites is 1. The Morgan fingerprint density at radius 2 is 1.80 bits per heavy atom. The molecule has 0 aliphatic carbocycles. The Hall–Kier alpha value is -4.47. The SMILES string of the molecule is COC(=O)c1ccc(/C=C/C(=O)NCC(=O)N(C)c2ccc(Cl)c(COc3cccc4ncc(C)nc34)c2Cl)cc1. The van der Waals surface area contributed by atoms with Crippen molar-refractivity contribution < 1.29 is 23.9 Å². The van der Waals surface area contributed by atoms with E-state index in [2.05, 4.69) is 20.0 Å². The van der Waals surface area contributed by atoms with Crippen LogP contribution in [0.15, 0.2) is 66.9 Å². The molecule has 210 valence electrons. The van der Waals surface area contributed by atoms with E-state index < -0.39 is 17.8 Å². The summed E-state index contributed by atoms with van der Waals surface area (Å²) < 4.78 is 10.7. The van der Waals surface area contributed by atoms with Gasteiger partial charge in [-0.1, -0.05) is 41.4 Å². The summed E-state index contributed by atoms with van der Waals surface area (Å²) >= 11 is 13.1. The van der Waals surface area contributed by atoms with Gasteiger partial charge >= 0.3 is 5.97 Å². The fourth-order valence-corrected chi connectivity index (χ4v) is 4.44. The maximum atomic E-state index is 12.9. The molecule has 0 saturated heterocycles. The molecule has 1 N–H and O–H groups in total. The van der Waals surface area contributed by atoms with Crippen molar-refractivity contribution in [2.24, 2.45) is 0 Å². The van der Waals surface area contributed by atoms with Crippen LogP contribution in [0.25, 0.3) is 17.1 Å². The highest BCUT2D eigenvalue weighted by molar-refractivity contribution is 6.38. The van der Waals surface area contributed by atoms with Crippen LogP contribution < -0.4 is 15.0 Å². The van der Waals surface area contributed by atoms with Gasteiger partial charge in [0, 0.05) is 29.9 Å². The van der Waals surface area contributed by atoms with Crippen molar-refractivity contribution in [1.29, 1.82) is 0 Å². The van der Waals surface area contributed by atoms with E-state index in [1.54, 1.807) is 61.8 Å². The number of anilines is 1. The van der Waals surface area contributed by atoms with Gasteiger partial charge in [-0.3, -0.25) is 14.6 Å². The largest absolute Gasteiger partial charge is 0.486 e. The molecule has 11 heteroatoms. The molecule has 0 spiro atoms. The Labute approximate surface area is 246 Å². The maximum absolute atomic E-state index is 12.9. The Bertz CT molecular complexity index is 1640. The minimum Gasteiger partial charge on any atom is -0.486 e. The van der Waals surface area contributed by atoms with Crippen LogP contribution in [-0.2, 0) is 20.9 Å². The number of aryl methyl sites for hydroxylation is 1. The second-order valence-corrected chi connectivity index (χ2v) is 9.69. The molecule has 0 saturated carbocycles. The third-order valence-corrected chi connectivity index (χ3v) is 6.88. The maximum Gasteiger partial charge on any atom is 0.337 e. The first kappa shape index (κ1) is 29.5. The van der Waals surface area contributed by atoms with Crippen molar-refractivity contribution in [1.82, 2.24) is 15.3 Å². The zero-order valence-electron chi connectivity index (χ0n) is 22.5. The van der Waals surface area contributed by atoms with Crippen LogP contribution in [0.4, 0.5) is 5.69 Å². The number of nitrogens with one attached hydrogen (secondary N) is 1. The number of benzene rings is 3. The summed E-state index contributed by atoms with van der Waals surface area (Å²) in [6.45, 7) is 1.61. The number of aromatic nitrogens is 2. The third-order valence-electron chi connectivity index (χ3n) is 6.10. The number of carbonyl (C=O) groups is 3. The van der Waals surface area contributed by atoms with Gasteiger partial charge in [-0.2, -0.15) is 0 Å². The van der Waals surface area contributed by atoms with Gasteiger partial charge in [-0.15, -0.1) is 0 Å². The first-order valence-corrected chi connectivity index (χ1v) is 13.2. The molecule has 0 bridgehead atoms. The van der Waals surface area contributed by atoms with Crippen LogP contribution in [0, 0.1) is 6.92 Å². The fourth-order valence-electron chi connectivity index (χ4n) is 3.83. The molecular formula is C30H26Cl2N4O5. The minimum absolute atomic E-state index is 0.0322. The van der Waals surface area contributed by atoms with Crippen molar-refractivity contribution in [3.63, 3.8) is 0 Å². The minimum atomic E-state index is -0.464. The topological polar surface area (TPSA) is 111 Å². The average molecular weight is 593 g/mol. The van der Waals surface area contributed by atoms with Crippen molar-refractivity contribution in [2.75, 3.05) is 25.6 Å². The number of nitrogens with zero attached hydrogens (tertiary/aromatic N) is 3. The van der Waals surface area contributed by atoms with E-state index in [1.807, 2.05) is 19.1 Å². The van der Waals surface area contributed by atoms with Crippen LogP contribution in [0.5, 0.6) is 5.75 Å². The third kappa shape index (κ3) is 7.19. The summed E-state index contributed by atoms with van der Waals surface area (Å²) in [6.07, 6.45) is 4.54. The number of amides is 2. The molecule has 4 rings (SSSR count). The molecule has 1 aromatic heterocycles. The highest BCUT2D eigenvalue weighted by atomic mass is 35.5. The van der Waals surface area contributed by atoms with E-state index >= 15 is 0 Å². The lowest BCUT2D eigenvalue weighted by atomic mass is 10.1. The second-order valence-electron chi connectivity index (χ2n) is 8.90. The van der Waals surface area contributed by atoms with E-state index in [1.165, 1.54) is 18.1 Å². The Morgan fingerprint density at radius 1 is 1.05 bits per heavy atom. The first-order valence-electron chi connectivity index (χ1n) is 12.4. The molecule has 0 fully saturated rings. The lowest BCUT2D eigenvalue weighted by molar-refractivity contribution is -0.122. The van der Waals surface area contributed by atoms with Gasteiger partial charge in [0.1, 0.15) is 17.9 Å². The molecule has 0 aliphatic heterocycles. The highest BCUT2D eigenvalue weighted by Crippen LogP contribution is 2.35. The smallest absolute Gasteiger partial charge is 0.337 e. The molecular weight excluding hydrogens is 567 g/mol. The van der Waals surface area contributed by atoms with Gasteiger partial charge in [0.2, 0.25) is 11.8 Å². The van der Waals surface area contributed by atoms with Crippen LogP contribution in [0.3, 0.4) is 0 Å². The van der Waals surface area contributed by atoms with Crippen LogP contribution in [0.1, 0.15) is 27.2 Å². The standard InChI is InChI=1S/C30H26Cl2N4O5/c1-18-15-33-23-5-4-6-25(29(23)35-18)41-17-21-22(31)12-13-24(28(21)32)36(2)27(38)16-34-26(37)14-9-19-7-10-20(11-8-19)30(39)40-3/h4-15H,16-17H2,1-3H3,(H,34,37)/b14-9+. The van der Waals surface area contributed by atoms with Gasteiger partial charge in [0.25, 0.3) is 0 Å². The fraction of sp³-hybridized carbons (Fsp3) is 0.167. The molecule has 4 aromatic rings. The van der Waals surface area contributed by atoms with E-state index in [0.717, 1.165) is 5.69 Å². The second kappa shape index (κ2) is 13.3. The summed E-state index contributed by atoms with van der Waals surface area (Å²) in [4.78, 5) is 46.9. The van der Waals surface area contributed by atoms with Gasteiger partial charge in [0.15, 0.2) is 0 Å². The number of ether oxygens (including phenoxy) is 2. The van der Waals surface area contributed by atoms with Crippen LogP contribution in [0.2, 0.25) is 10.0 Å². The molecule has 0 aliphatic rings. The summed E-state index contributed by atoms with van der Waals surface area (Å²) in [7, 11) is 2.85. The number of hydrogen-bond donors (Lipinski definition) is 1. The molecule has 0 radical (unpaired) electrons. The summed E-state index contributed by atoms with van der Waals surface area (Å²) in [6, 6.07) is 15.2. The normalized spacial score (nSPS) is 11.0. The summed E-state index contributed by atoms with van der Waals surface area (Å²) in [5.74, 6) is -0.787. The quantitative estimate of drug-likeness (QED) is 0.204. The lowest BCUT2D eigenvalue weighted by Crippen LogP contribution is -2.37. The van der Waals surface area contributed by atoms with Crippen molar-refractivity contribution in [3.05, 3.63) is 99.3 Å². The molecule has 2 amide bonds. The number of carbonyl (C=O) groups excluding carboxylic acids is 3. The number of hydrogen-bond acceptors (Lipinski definition) is 7. The Morgan fingerprint density at radius 3 is 2.54 bits per heavy atom. The molecule has 0 atom stereocenters. The zero-order chi connectivity index (χ0) is 29.5. The van der Waals surface area contributed by atoms with Crippen molar-refractivity contribution >= 4 is 63.8 Å². The van der Waals surface area contributed by atoms with E-state index in [-0.39, 0.29) is 18.2 Å². The lowest BCUT2D eigenvalue weighted by Gasteiger charge is -2.21. The van der Waals surface area contributed by atoms with Crippen LogP contribution >= 0.6 is 23.2 Å². The number of likely N-dealkylation sites (N-methyl/N-ethyl adjacent to an activating group) is 1. The Kier molecular flexibility index (Phi) is 9.54. The molecule has 9 nitrogen and oxygen atoms in total. The average Bonchev–Trinajstić information content (AvgIpc) is 2.98. The van der Waals surface area contributed by atoms with Gasteiger partial charge in [-0.05, 0) is 55.0 Å². The van der Waals surface area contributed by atoms with Crippen molar-refractivity contribution in [2.45, 2.75) is 13.5 Å². The van der Waals surface area contributed by atoms with Gasteiger partial charge in [0.05, 0.1) is 41.1 Å². The predicted molar refractivity (Wildman–Crippen MR) is 158 cm³/mol. The van der Waals surface area contributed by atoms with Gasteiger partial charge < -0.3 is 19.7 Å². The van der Waals surface area contributed by atoms with E-state index in [9.17, 15) is 14.4 Å². The monoisotopic (exact) mass is 592 g/mol. The van der Waals surface area contributed by atoms with E-state index in [4.69, 9.17) is 27.9 Å². The Balaban J connectivity index is 1.39. The summed E-state index contributed by atoms with van der Waals surface area (Å²) in [5, 5.41) is 3.18. The van der Waals surface area contributed by atoms with E-state index in [0.29, 0.717) is 44.2 Å².